The van der Waals surface area contributed by atoms with Crippen LogP contribution in [-0.4, -0.2) is 36.3 Å². The van der Waals surface area contributed by atoms with Crippen LogP contribution in [0, 0.1) is 19.8 Å². The van der Waals surface area contributed by atoms with Crippen LogP contribution in [0.1, 0.15) is 31.2 Å². The molecule has 1 aliphatic rings. The third-order valence-electron chi connectivity index (χ3n) is 3.24. The van der Waals surface area contributed by atoms with Crippen LogP contribution in [0.3, 0.4) is 0 Å². The van der Waals surface area contributed by atoms with Crippen LogP contribution >= 0.6 is 0 Å². The Hall–Kier alpha value is -1.16. The van der Waals surface area contributed by atoms with E-state index in [0.717, 1.165) is 50.1 Å². The molecule has 1 aromatic rings. The van der Waals surface area contributed by atoms with Gasteiger partial charge in [-0.25, -0.2) is 9.97 Å². The van der Waals surface area contributed by atoms with Crippen molar-refractivity contribution in [1.29, 1.82) is 0 Å². The summed E-state index contributed by atoms with van der Waals surface area (Å²) >= 11 is 0. The highest BCUT2D eigenvalue weighted by Gasteiger charge is 2.24. The van der Waals surface area contributed by atoms with Crippen LogP contribution in [-0.2, 0) is 4.74 Å². The third-order valence-corrected chi connectivity index (χ3v) is 3.24. The molecule has 1 aromatic heterocycles. The van der Waals surface area contributed by atoms with E-state index in [4.69, 9.17) is 4.74 Å². The molecule has 0 unspecified atom stereocenters. The van der Waals surface area contributed by atoms with E-state index in [0.29, 0.717) is 5.92 Å². The van der Waals surface area contributed by atoms with E-state index in [9.17, 15) is 0 Å². The molecular weight excluding hydrogens is 226 g/mol. The van der Waals surface area contributed by atoms with Gasteiger partial charge in [-0.1, -0.05) is 6.92 Å². The molecule has 0 aliphatic carbocycles. The van der Waals surface area contributed by atoms with Crippen molar-refractivity contribution in [2.75, 3.05) is 31.2 Å². The molecule has 0 aromatic carbocycles. The average molecular weight is 249 g/mol. The van der Waals surface area contributed by atoms with Gasteiger partial charge in [0.15, 0.2) is 0 Å². The molecule has 1 fully saturated rings. The first kappa shape index (κ1) is 13.3. The molecular formula is C14H23N3O. The predicted molar refractivity (Wildman–Crippen MR) is 72.9 cm³/mol. The predicted octanol–water partition coefficient (Wildman–Crippen LogP) is 2.35. The van der Waals surface area contributed by atoms with E-state index in [1.54, 1.807) is 0 Å². The Kier molecular flexibility index (Phi) is 4.53. The third kappa shape index (κ3) is 3.42. The molecule has 100 valence electrons. The SMILES string of the molecule is CCCOC[C@@H]1CCN(c2nc(C)cc(C)n2)C1. The standard InChI is InChI=1S/C14H23N3O/c1-4-7-18-10-13-5-6-17(9-13)14-15-11(2)8-12(3)16-14/h8,13H,4-7,9-10H2,1-3H3/t13-/m1/s1. The highest BCUT2D eigenvalue weighted by molar-refractivity contribution is 5.33. The lowest BCUT2D eigenvalue weighted by atomic mass is 10.1. The van der Waals surface area contributed by atoms with Gasteiger partial charge < -0.3 is 9.64 Å². The van der Waals surface area contributed by atoms with Crippen molar-refractivity contribution in [2.45, 2.75) is 33.6 Å². The first-order valence-corrected chi connectivity index (χ1v) is 6.84. The number of anilines is 1. The van der Waals surface area contributed by atoms with Crippen molar-refractivity contribution < 1.29 is 4.74 Å². The maximum absolute atomic E-state index is 5.63. The molecule has 2 heterocycles. The summed E-state index contributed by atoms with van der Waals surface area (Å²) in [5, 5.41) is 0. The summed E-state index contributed by atoms with van der Waals surface area (Å²) < 4.78 is 5.63. The van der Waals surface area contributed by atoms with Crippen LogP contribution in [0.5, 0.6) is 0 Å². The topological polar surface area (TPSA) is 38.2 Å². The lowest BCUT2D eigenvalue weighted by molar-refractivity contribution is 0.106. The van der Waals surface area contributed by atoms with Crippen LogP contribution in [0.15, 0.2) is 6.07 Å². The summed E-state index contributed by atoms with van der Waals surface area (Å²) in [4.78, 5) is 11.3. The fourth-order valence-corrected chi connectivity index (χ4v) is 2.39. The quantitative estimate of drug-likeness (QED) is 0.751. The molecule has 18 heavy (non-hydrogen) atoms. The first-order valence-electron chi connectivity index (χ1n) is 6.84. The van der Waals surface area contributed by atoms with Gasteiger partial charge in [-0.15, -0.1) is 0 Å². The number of aromatic nitrogens is 2. The Morgan fingerprint density at radius 1 is 1.33 bits per heavy atom. The molecule has 4 heteroatoms. The van der Waals surface area contributed by atoms with Gasteiger partial charge in [-0.3, -0.25) is 0 Å². The van der Waals surface area contributed by atoms with Crippen LogP contribution in [0.4, 0.5) is 5.95 Å². The zero-order valence-corrected chi connectivity index (χ0v) is 11.6. The van der Waals surface area contributed by atoms with Gasteiger partial charge in [0.25, 0.3) is 0 Å². The highest BCUT2D eigenvalue weighted by Crippen LogP contribution is 2.21. The second-order valence-electron chi connectivity index (χ2n) is 5.13. The minimum Gasteiger partial charge on any atom is -0.381 e. The van der Waals surface area contributed by atoms with E-state index in [1.807, 2.05) is 19.9 Å². The van der Waals surface area contributed by atoms with Gasteiger partial charge in [0.2, 0.25) is 5.95 Å². The molecule has 4 nitrogen and oxygen atoms in total. The normalized spacial score (nSPS) is 19.5. The fourth-order valence-electron chi connectivity index (χ4n) is 2.39. The average Bonchev–Trinajstić information content (AvgIpc) is 2.77. The summed E-state index contributed by atoms with van der Waals surface area (Å²) in [6.45, 7) is 10.00. The summed E-state index contributed by atoms with van der Waals surface area (Å²) in [5.41, 5.74) is 2.09. The molecule has 0 bridgehead atoms. The molecule has 0 amide bonds. The van der Waals surface area contributed by atoms with Crippen LogP contribution in [0.25, 0.3) is 0 Å². The molecule has 0 N–H and O–H groups in total. The second kappa shape index (κ2) is 6.14. The fraction of sp³-hybridized carbons (Fsp3) is 0.714. The van der Waals surface area contributed by atoms with E-state index in [2.05, 4.69) is 21.8 Å². The van der Waals surface area contributed by atoms with Crippen LogP contribution < -0.4 is 4.90 Å². The first-order chi connectivity index (χ1) is 8.69. The molecule has 0 spiro atoms. The van der Waals surface area contributed by atoms with E-state index >= 15 is 0 Å². The number of aryl methyl sites for hydroxylation is 2. The number of hydrogen-bond donors (Lipinski definition) is 0. The van der Waals surface area contributed by atoms with Crippen LogP contribution in [0.2, 0.25) is 0 Å². The van der Waals surface area contributed by atoms with Gasteiger partial charge >= 0.3 is 0 Å². The van der Waals surface area contributed by atoms with Gasteiger partial charge in [0.1, 0.15) is 0 Å². The second-order valence-corrected chi connectivity index (χ2v) is 5.13. The lowest BCUT2D eigenvalue weighted by Gasteiger charge is -2.17. The lowest BCUT2D eigenvalue weighted by Crippen LogP contribution is -2.23. The Bertz CT molecular complexity index is 374. The van der Waals surface area contributed by atoms with Crippen molar-refractivity contribution >= 4 is 5.95 Å². The van der Waals surface area contributed by atoms with Crippen molar-refractivity contribution in [3.63, 3.8) is 0 Å². The largest absolute Gasteiger partial charge is 0.381 e. The number of hydrogen-bond acceptors (Lipinski definition) is 4. The van der Waals surface area contributed by atoms with Gasteiger partial charge in [-0.2, -0.15) is 0 Å². The van der Waals surface area contributed by atoms with E-state index in [-0.39, 0.29) is 0 Å². The maximum atomic E-state index is 5.63. The zero-order chi connectivity index (χ0) is 13.0. The molecule has 0 radical (unpaired) electrons. The number of ether oxygens (including phenoxy) is 1. The summed E-state index contributed by atoms with van der Waals surface area (Å²) in [5.74, 6) is 1.51. The van der Waals surface area contributed by atoms with Gasteiger partial charge in [0.05, 0.1) is 6.61 Å². The summed E-state index contributed by atoms with van der Waals surface area (Å²) in [7, 11) is 0. The number of rotatable bonds is 5. The highest BCUT2D eigenvalue weighted by atomic mass is 16.5. The van der Waals surface area contributed by atoms with Crippen molar-refractivity contribution in [3.8, 4) is 0 Å². The molecule has 0 saturated carbocycles. The summed E-state index contributed by atoms with van der Waals surface area (Å²) in [6, 6.07) is 2.02. The molecule has 2 rings (SSSR count). The zero-order valence-electron chi connectivity index (χ0n) is 11.6. The minimum atomic E-state index is 0.626. The van der Waals surface area contributed by atoms with Crippen molar-refractivity contribution in [3.05, 3.63) is 17.5 Å². The smallest absolute Gasteiger partial charge is 0.225 e. The van der Waals surface area contributed by atoms with E-state index in [1.165, 1.54) is 6.42 Å². The van der Waals surface area contributed by atoms with Crippen molar-refractivity contribution in [2.24, 2.45) is 5.92 Å². The minimum absolute atomic E-state index is 0.626. The Labute approximate surface area is 109 Å². The molecule has 1 saturated heterocycles. The Morgan fingerprint density at radius 2 is 2.06 bits per heavy atom. The summed E-state index contributed by atoms with van der Waals surface area (Å²) in [6.07, 6.45) is 2.27. The van der Waals surface area contributed by atoms with Gasteiger partial charge in [-0.05, 0) is 32.8 Å². The van der Waals surface area contributed by atoms with E-state index < -0.39 is 0 Å². The monoisotopic (exact) mass is 249 g/mol. The Balaban J connectivity index is 1.91. The number of nitrogens with zero attached hydrogens (tertiary/aromatic N) is 3. The molecule has 1 atom stereocenters. The van der Waals surface area contributed by atoms with Crippen molar-refractivity contribution in [1.82, 2.24) is 9.97 Å². The maximum Gasteiger partial charge on any atom is 0.225 e. The van der Waals surface area contributed by atoms with Gasteiger partial charge in [0, 0.05) is 37.0 Å². The molecule has 1 aliphatic heterocycles. The Morgan fingerprint density at radius 3 is 2.72 bits per heavy atom.